The van der Waals surface area contributed by atoms with Gasteiger partial charge in [0.1, 0.15) is 5.82 Å². The van der Waals surface area contributed by atoms with Crippen LogP contribution in [0.15, 0.2) is 47.1 Å². The first-order valence-corrected chi connectivity index (χ1v) is 11.3. The molecule has 2 aromatic heterocycles. The summed E-state index contributed by atoms with van der Waals surface area (Å²) in [4.78, 5) is 29.3. The Morgan fingerprint density at radius 1 is 1.10 bits per heavy atom. The molecule has 7 nitrogen and oxygen atoms in total. The number of rotatable bonds is 7. The van der Waals surface area contributed by atoms with Crippen molar-refractivity contribution in [1.29, 1.82) is 0 Å². The molecule has 2 aliphatic rings. The molecular weight excluding hydrogens is 390 g/mol. The number of piperazine rings is 1. The lowest BCUT2D eigenvalue weighted by Gasteiger charge is -2.34. The Labute approximate surface area is 182 Å². The van der Waals surface area contributed by atoms with Crippen LogP contribution in [-0.2, 0) is 4.79 Å². The maximum atomic E-state index is 12.9. The highest BCUT2D eigenvalue weighted by Crippen LogP contribution is 2.35. The summed E-state index contributed by atoms with van der Waals surface area (Å²) in [6.45, 7) is 7.50. The number of benzene rings is 1. The average Bonchev–Trinajstić information content (AvgIpc) is 3.50. The van der Waals surface area contributed by atoms with E-state index in [1.165, 1.54) is 0 Å². The summed E-state index contributed by atoms with van der Waals surface area (Å²) in [5.74, 6) is 2.40. The van der Waals surface area contributed by atoms with E-state index in [9.17, 15) is 4.79 Å². The average molecular weight is 420 g/mol. The third-order valence-electron chi connectivity index (χ3n) is 6.32. The molecule has 0 spiro atoms. The number of anilines is 1. The molecule has 3 heterocycles. The van der Waals surface area contributed by atoms with Gasteiger partial charge in [-0.3, -0.25) is 4.79 Å². The highest BCUT2D eigenvalue weighted by Gasteiger charge is 2.32. The van der Waals surface area contributed by atoms with Crippen molar-refractivity contribution in [3.63, 3.8) is 0 Å². The van der Waals surface area contributed by atoms with Gasteiger partial charge in [0, 0.05) is 50.6 Å². The van der Waals surface area contributed by atoms with Crippen molar-refractivity contribution < 1.29 is 9.21 Å². The van der Waals surface area contributed by atoms with Gasteiger partial charge in [-0.2, -0.15) is 0 Å². The third-order valence-corrected chi connectivity index (χ3v) is 6.32. The summed E-state index contributed by atoms with van der Waals surface area (Å²) in [5, 5.41) is 1.02. The minimum Gasteiger partial charge on any atom is -0.461 e. The number of furan rings is 1. The second-order valence-corrected chi connectivity index (χ2v) is 8.35. The fourth-order valence-electron chi connectivity index (χ4n) is 4.33. The van der Waals surface area contributed by atoms with E-state index in [0.717, 1.165) is 62.3 Å². The number of carbonyl (C=O) groups excluding carboxylic acids is 1. The normalized spacial score (nSPS) is 17.3. The van der Waals surface area contributed by atoms with E-state index in [1.54, 1.807) is 6.26 Å². The predicted octanol–water partition coefficient (Wildman–Crippen LogP) is 3.41. The van der Waals surface area contributed by atoms with E-state index in [1.807, 2.05) is 35.2 Å². The van der Waals surface area contributed by atoms with Crippen molar-refractivity contribution in [2.75, 3.05) is 44.2 Å². The fraction of sp³-hybridized carbons (Fsp3) is 0.458. The quantitative estimate of drug-likeness (QED) is 0.585. The Morgan fingerprint density at radius 2 is 1.90 bits per heavy atom. The first kappa shape index (κ1) is 20.0. The lowest BCUT2D eigenvalue weighted by Crippen LogP contribution is -2.49. The number of nitrogens with zero attached hydrogens (tertiary/aromatic N) is 5. The third kappa shape index (κ3) is 4.28. The fourth-order valence-corrected chi connectivity index (χ4v) is 4.33. The molecule has 7 heteroatoms. The lowest BCUT2D eigenvalue weighted by atomic mass is 10.2. The number of hydrogen-bond acceptors (Lipinski definition) is 6. The lowest BCUT2D eigenvalue weighted by molar-refractivity contribution is -0.132. The van der Waals surface area contributed by atoms with Crippen molar-refractivity contribution in [3.8, 4) is 11.6 Å². The van der Waals surface area contributed by atoms with Gasteiger partial charge in [-0.1, -0.05) is 19.1 Å². The summed E-state index contributed by atoms with van der Waals surface area (Å²) < 4.78 is 5.57. The Balaban J connectivity index is 1.39. The molecule has 1 aliphatic carbocycles. The molecule has 31 heavy (non-hydrogen) atoms. The predicted molar refractivity (Wildman–Crippen MR) is 121 cm³/mol. The highest BCUT2D eigenvalue weighted by molar-refractivity contribution is 5.91. The molecule has 0 atom stereocenters. The van der Waals surface area contributed by atoms with Gasteiger partial charge in [-0.15, -0.1) is 0 Å². The summed E-state index contributed by atoms with van der Waals surface area (Å²) >= 11 is 0. The monoisotopic (exact) mass is 419 g/mol. The topological polar surface area (TPSA) is 65.7 Å². The number of likely N-dealkylation sites (N-methyl/N-ethyl adjacent to an activating group) is 1. The van der Waals surface area contributed by atoms with Crippen LogP contribution in [0.3, 0.4) is 0 Å². The number of carbonyl (C=O) groups is 1. The van der Waals surface area contributed by atoms with Gasteiger partial charge in [0.05, 0.1) is 11.8 Å². The van der Waals surface area contributed by atoms with Gasteiger partial charge in [0.15, 0.2) is 11.6 Å². The van der Waals surface area contributed by atoms with Crippen LogP contribution in [0.4, 0.5) is 5.82 Å². The maximum absolute atomic E-state index is 12.9. The summed E-state index contributed by atoms with van der Waals surface area (Å²) in [5.41, 5.74) is 0.895. The van der Waals surface area contributed by atoms with E-state index in [0.29, 0.717) is 30.6 Å². The molecule has 0 bridgehead atoms. The molecule has 162 valence electrons. The van der Waals surface area contributed by atoms with Gasteiger partial charge in [-0.25, -0.2) is 9.97 Å². The summed E-state index contributed by atoms with van der Waals surface area (Å²) in [7, 11) is 0. The van der Waals surface area contributed by atoms with Crippen molar-refractivity contribution >= 4 is 22.6 Å². The van der Waals surface area contributed by atoms with Crippen LogP contribution >= 0.6 is 0 Å². The Bertz CT molecular complexity index is 1040. The Morgan fingerprint density at radius 3 is 2.61 bits per heavy atom. The zero-order chi connectivity index (χ0) is 21.2. The number of para-hydroxylation sites is 1. The van der Waals surface area contributed by atoms with Crippen molar-refractivity contribution in [2.45, 2.75) is 32.2 Å². The minimum absolute atomic E-state index is 0.242. The van der Waals surface area contributed by atoms with Gasteiger partial charge >= 0.3 is 0 Å². The van der Waals surface area contributed by atoms with E-state index in [4.69, 9.17) is 14.4 Å². The van der Waals surface area contributed by atoms with Crippen LogP contribution in [0, 0.1) is 0 Å². The second kappa shape index (κ2) is 8.67. The summed E-state index contributed by atoms with van der Waals surface area (Å²) in [6.07, 6.45) is 4.43. The van der Waals surface area contributed by atoms with Gasteiger partial charge < -0.3 is 19.1 Å². The van der Waals surface area contributed by atoms with Crippen molar-refractivity contribution in [3.05, 3.63) is 42.7 Å². The number of hydrogen-bond donors (Lipinski definition) is 0. The van der Waals surface area contributed by atoms with Crippen LogP contribution in [0.2, 0.25) is 0 Å². The Kier molecular flexibility index (Phi) is 5.59. The Hall–Kier alpha value is -2.93. The van der Waals surface area contributed by atoms with Crippen LogP contribution in [0.1, 0.15) is 26.2 Å². The maximum Gasteiger partial charge on any atom is 0.224 e. The zero-order valence-electron chi connectivity index (χ0n) is 18.0. The van der Waals surface area contributed by atoms with Crippen LogP contribution in [-0.4, -0.2) is 71.0 Å². The number of amides is 1. The van der Waals surface area contributed by atoms with E-state index < -0.39 is 0 Å². The van der Waals surface area contributed by atoms with E-state index in [-0.39, 0.29) is 5.91 Å². The molecule has 0 N–H and O–H groups in total. The van der Waals surface area contributed by atoms with Crippen LogP contribution in [0.5, 0.6) is 0 Å². The van der Waals surface area contributed by atoms with E-state index in [2.05, 4.69) is 22.8 Å². The number of fused-ring (bicyclic) bond motifs is 1. The zero-order valence-corrected chi connectivity index (χ0v) is 18.0. The smallest absolute Gasteiger partial charge is 0.224 e. The van der Waals surface area contributed by atoms with Gasteiger partial charge in [0.2, 0.25) is 5.91 Å². The molecular formula is C24H29N5O2. The largest absolute Gasteiger partial charge is 0.461 e. The summed E-state index contributed by atoms with van der Waals surface area (Å²) in [6, 6.07) is 12.3. The molecule has 3 aromatic rings. The van der Waals surface area contributed by atoms with Crippen molar-refractivity contribution in [1.82, 2.24) is 19.8 Å². The molecule has 1 amide bonds. The molecule has 0 radical (unpaired) electrons. The first-order valence-electron chi connectivity index (χ1n) is 11.3. The standard InChI is InChI=1S/C24H29N5O2/c1-2-27-13-15-28(16-14-27)22(30)11-12-29(18-9-10-18)24-19-6-3-4-7-20(19)25-23(26-24)21-8-5-17-31-21/h3-8,17-18H,2,9-16H2,1H3. The van der Waals surface area contributed by atoms with Crippen LogP contribution < -0.4 is 4.90 Å². The van der Waals surface area contributed by atoms with Crippen LogP contribution in [0.25, 0.3) is 22.5 Å². The molecule has 1 aliphatic heterocycles. The molecule has 5 rings (SSSR count). The van der Waals surface area contributed by atoms with Gasteiger partial charge in [0.25, 0.3) is 0 Å². The number of aromatic nitrogens is 2. The molecule has 1 aromatic carbocycles. The highest BCUT2D eigenvalue weighted by atomic mass is 16.3. The SMILES string of the molecule is CCN1CCN(C(=O)CCN(c2nc(-c3ccco3)nc3ccccc23)C2CC2)CC1. The first-order chi connectivity index (χ1) is 15.2. The molecule has 1 saturated carbocycles. The molecule has 2 fully saturated rings. The molecule has 1 saturated heterocycles. The van der Waals surface area contributed by atoms with Crippen molar-refractivity contribution in [2.24, 2.45) is 0 Å². The molecule has 0 unspecified atom stereocenters. The minimum atomic E-state index is 0.242. The van der Waals surface area contributed by atoms with Gasteiger partial charge in [-0.05, 0) is 43.7 Å². The van der Waals surface area contributed by atoms with E-state index >= 15 is 0 Å². The second-order valence-electron chi connectivity index (χ2n) is 8.35.